The Hall–Kier alpha value is -3.14. The molecule has 0 aliphatic carbocycles. The first-order valence-corrected chi connectivity index (χ1v) is 8.90. The highest BCUT2D eigenvalue weighted by Crippen LogP contribution is 2.49. The molecule has 6 nitrogen and oxygen atoms in total. The number of ether oxygens (including phenoxy) is 1. The molecule has 140 valence electrons. The minimum atomic E-state index is -0.772. The number of rotatable bonds is 1. The molecule has 0 saturated carbocycles. The number of hydrogen-bond acceptors (Lipinski definition) is 6. The van der Waals surface area contributed by atoms with Gasteiger partial charge in [-0.1, -0.05) is 29.3 Å². The van der Waals surface area contributed by atoms with Crippen LogP contribution in [0, 0.1) is 18.3 Å². The van der Waals surface area contributed by atoms with Gasteiger partial charge in [0.15, 0.2) is 0 Å². The van der Waals surface area contributed by atoms with Gasteiger partial charge >= 0.3 is 5.63 Å². The number of halogens is 2. The molecular weight excluding hydrogens is 403 g/mol. The first-order chi connectivity index (χ1) is 13.3. The number of aromatic hydroxyl groups is 1. The van der Waals surface area contributed by atoms with Crippen LogP contribution in [0.15, 0.2) is 51.0 Å². The molecule has 0 fully saturated rings. The van der Waals surface area contributed by atoms with E-state index in [-0.39, 0.29) is 28.5 Å². The van der Waals surface area contributed by atoms with Crippen molar-refractivity contribution in [2.24, 2.45) is 5.73 Å². The van der Waals surface area contributed by atoms with E-state index in [9.17, 15) is 15.2 Å². The van der Waals surface area contributed by atoms with Crippen molar-refractivity contribution >= 4 is 34.2 Å². The lowest BCUT2D eigenvalue weighted by Crippen LogP contribution is -2.22. The molecule has 1 aliphatic heterocycles. The Bertz CT molecular complexity index is 1290. The molecule has 8 heteroatoms. The van der Waals surface area contributed by atoms with E-state index in [1.165, 1.54) is 12.1 Å². The van der Waals surface area contributed by atoms with Crippen molar-refractivity contribution in [3.05, 3.63) is 78.9 Å². The summed E-state index contributed by atoms with van der Waals surface area (Å²) in [5.41, 5.74) is 7.01. The molecule has 3 N–H and O–H groups in total. The minimum absolute atomic E-state index is 0.105. The lowest BCUT2D eigenvalue weighted by molar-refractivity contribution is 0.387. The quantitative estimate of drug-likeness (QED) is 0.573. The number of phenolic OH excluding ortho intramolecular Hbond substituents is 1. The molecular formula is C20H12Cl2N2O4. The maximum Gasteiger partial charge on any atom is 0.336 e. The van der Waals surface area contributed by atoms with Gasteiger partial charge in [-0.25, -0.2) is 4.79 Å². The van der Waals surface area contributed by atoms with Crippen LogP contribution in [-0.4, -0.2) is 5.11 Å². The van der Waals surface area contributed by atoms with Crippen LogP contribution >= 0.6 is 23.2 Å². The third kappa shape index (κ3) is 2.68. The topological polar surface area (TPSA) is 109 Å². The Labute approximate surface area is 169 Å². The number of nitrogens with two attached hydrogens (primary N) is 1. The zero-order chi connectivity index (χ0) is 20.2. The molecule has 3 aromatic rings. The normalized spacial score (nSPS) is 15.9. The zero-order valence-corrected chi connectivity index (χ0v) is 15.9. The van der Waals surface area contributed by atoms with Gasteiger partial charge in [0.2, 0.25) is 5.88 Å². The highest BCUT2D eigenvalue weighted by molar-refractivity contribution is 6.35. The van der Waals surface area contributed by atoms with Crippen molar-refractivity contribution in [2.75, 3.05) is 0 Å². The van der Waals surface area contributed by atoms with Gasteiger partial charge in [0.25, 0.3) is 0 Å². The van der Waals surface area contributed by atoms with E-state index in [0.717, 1.165) is 0 Å². The summed E-state index contributed by atoms with van der Waals surface area (Å²) in [5, 5.41) is 21.2. The van der Waals surface area contributed by atoms with Gasteiger partial charge in [-0.3, -0.25) is 0 Å². The standard InChI is InChI=1S/C20H12Cl2N2O4/c1-8-4-15(26)28-19-16(8)13(25)6-14-18(19)17(11(7-23)20(24)27-14)10-3-2-9(21)5-12(10)22/h2-6,17,25H,24H2,1H3. The molecule has 2 aromatic carbocycles. The van der Waals surface area contributed by atoms with Gasteiger partial charge in [0.05, 0.1) is 16.9 Å². The van der Waals surface area contributed by atoms with E-state index in [1.54, 1.807) is 25.1 Å². The summed E-state index contributed by atoms with van der Waals surface area (Å²) in [5.74, 6) is -0.859. The van der Waals surface area contributed by atoms with Gasteiger partial charge in [0.1, 0.15) is 28.7 Å². The molecule has 0 amide bonds. The van der Waals surface area contributed by atoms with Crippen molar-refractivity contribution in [1.29, 1.82) is 5.26 Å². The van der Waals surface area contributed by atoms with Crippen LogP contribution in [0.5, 0.6) is 11.5 Å². The van der Waals surface area contributed by atoms with Crippen molar-refractivity contribution in [3.63, 3.8) is 0 Å². The molecule has 0 bridgehead atoms. The highest BCUT2D eigenvalue weighted by Gasteiger charge is 2.36. The van der Waals surface area contributed by atoms with Crippen molar-refractivity contribution in [3.8, 4) is 17.6 Å². The Morgan fingerprint density at radius 2 is 2.00 bits per heavy atom. The Kier molecular flexibility index (Phi) is 4.22. The summed E-state index contributed by atoms with van der Waals surface area (Å²) >= 11 is 12.4. The number of fused-ring (bicyclic) bond motifs is 3. The average molecular weight is 415 g/mol. The summed E-state index contributed by atoms with van der Waals surface area (Å²) < 4.78 is 11.0. The average Bonchev–Trinajstić information content (AvgIpc) is 2.60. The number of benzene rings is 2. The van der Waals surface area contributed by atoms with Gasteiger partial charge in [-0.2, -0.15) is 5.26 Å². The first kappa shape index (κ1) is 18.2. The molecule has 1 aromatic heterocycles. The molecule has 4 rings (SSSR count). The molecule has 1 atom stereocenters. The van der Waals surface area contributed by atoms with Gasteiger partial charge in [-0.15, -0.1) is 0 Å². The summed E-state index contributed by atoms with van der Waals surface area (Å²) in [7, 11) is 0. The van der Waals surface area contributed by atoms with Crippen molar-refractivity contribution in [1.82, 2.24) is 0 Å². The van der Waals surface area contributed by atoms with E-state index in [1.807, 2.05) is 6.07 Å². The smallest absolute Gasteiger partial charge is 0.336 e. The van der Waals surface area contributed by atoms with Crippen LogP contribution in [0.3, 0.4) is 0 Å². The van der Waals surface area contributed by atoms with Crippen LogP contribution in [0.25, 0.3) is 11.0 Å². The lowest BCUT2D eigenvalue weighted by Gasteiger charge is -2.28. The van der Waals surface area contributed by atoms with Crippen LogP contribution < -0.4 is 16.1 Å². The fourth-order valence-electron chi connectivity index (χ4n) is 3.49. The maximum absolute atomic E-state index is 12.0. The number of nitriles is 1. The summed E-state index contributed by atoms with van der Waals surface area (Å²) in [6, 6.07) is 9.55. The molecule has 1 aliphatic rings. The molecule has 1 unspecified atom stereocenters. The van der Waals surface area contributed by atoms with E-state index >= 15 is 0 Å². The van der Waals surface area contributed by atoms with E-state index in [2.05, 4.69) is 0 Å². The predicted molar refractivity (Wildman–Crippen MR) is 105 cm³/mol. The maximum atomic E-state index is 12.0. The number of phenols is 1. The molecule has 0 saturated heterocycles. The van der Waals surface area contributed by atoms with Gasteiger partial charge in [0, 0.05) is 22.2 Å². The van der Waals surface area contributed by atoms with E-state index < -0.39 is 11.5 Å². The van der Waals surface area contributed by atoms with Crippen molar-refractivity contribution < 1.29 is 14.3 Å². The fraction of sp³-hybridized carbons (Fsp3) is 0.100. The molecule has 2 heterocycles. The monoisotopic (exact) mass is 414 g/mol. The number of nitrogens with zero attached hydrogens (tertiary/aromatic N) is 1. The number of hydrogen-bond donors (Lipinski definition) is 2. The van der Waals surface area contributed by atoms with Crippen molar-refractivity contribution in [2.45, 2.75) is 12.8 Å². The second-order valence-electron chi connectivity index (χ2n) is 6.35. The molecule has 28 heavy (non-hydrogen) atoms. The van der Waals surface area contributed by atoms with Gasteiger partial charge < -0.3 is 20.0 Å². The third-order valence-electron chi connectivity index (χ3n) is 4.65. The first-order valence-electron chi connectivity index (χ1n) is 8.14. The van der Waals surface area contributed by atoms with Crippen LogP contribution in [0.1, 0.15) is 22.6 Å². The lowest BCUT2D eigenvalue weighted by atomic mass is 9.82. The predicted octanol–water partition coefficient (Wildman–Crippen LogP) is 4.33. The molecule has 0 spiro atoms. The summed E-state index contributed by atoms with van der Waals surface area (Å²) in [6.45, 7) is 1.68. The fourth-order valence-corrected chi connectivity index (χ4v) is 4.00. The third-order valence-corrected chi connectivity index (χ3v) is 5.21. The second kappa shape index (κ2) is 6.48. The Morgan fingerprint density at radius 1 is 1.25 bits per heavy atom. The van der Waals surface area contributed by atoms with E-state index in [4.69, 9.17) is 38.1 Å². The highest BCUT2D eigenvalue weighted by atomic mass is 35.5. The Morgan fingerprint density at radius 3 is 2.68 bits per heavy atom. The second-order valence-corrected chi connectivity index (χ2v) is 7.19. The largest absolute Gasteiger partial charge is 0.507 e. The molecule has 0 radical (unpaired) electrons. The van der Waals surface area contributed by atoms with Gasteiger partial charge in [-0.05, 0) is 30.2 Å². The van der Waals surface area contributed by atoms with E-state index in [0.29, 0.717) is 32.1 Å². The number of aryl methyl sites for hydroxylation is 1. The number of allylic oxidation sites excluding steroid dienone is 1. The van der Waals surface area contributed by atoms with Crippen LogP contribution in [0.4, 0.5) is 0 Å². The SMILES string of the molecule is Cc1cc(=O)oc2c3c(cc(O)c12)OC(N)=C(C#N)C3c1ccc(Cl)cc1Cl. The summed E-state index contributed by atoms with van der Waals surface area (Å²) in [6.07, 6.45) is 0. The zero-order valence-electron chi connectivity index (χ0n) is 14.4. The van der Waals surface area contributed by atoms with Crippen LogP contribution in [0.2, 0.25) is 10.0 Å². The summed E-state index contributed by atoms with van der Waals surface area (Å²) in [4.78, 5) is 12.0. The Balaban J connectivity index is 2.17. The van der Waals surface area contributed by atoms with Crippen LogP contribution in [-0.2, 0) is 0 Å². The minimum Gasteiger partial charge on any atom is -0.507 e.